The Hall–Kier alpha value is -1.96. The molecule has 0 amide bonds. The summed E-state index contributed by atoms with van der Waals surface area (Å²) >= 11 is 0. The highest BCUT2D eigenvalue weighted by Gasteiger charge is 2.08. The van der Waals surface area contributed by atoms with Crippen LogP contribution in [0.4, 0.5) is 17.3 Å². The molecular formula is C10H15N5. The van der Waals surface area contributed by atoms with E-state index < -0.39 is 0 Å². The Kier molecular flexibility index (Phi) is 3.34. The zero-order valence-electron chi connectivity index (χ0n) is 8.94. The number of anilines is 3. The highest BCUT2D eigenvalue weighted by atomic mass is 15.2. The third-order valence-electron chi connectivity index (χ3n) is 2.10. The molecule has 15 heavy (non-hydrogen) atoms. The molecule has 0 aliphatic carbocycles. The van der Waals surface area contributed by atoms with Gasteiger partial charge in [0, 0.05) is 13.6 Å². The van der Waals surface area contributed by atoms with E-state index in [4.69, 9.17) is 16.7 Å². The first-order valence-electron chi connectivity index (χ1n) is 4.67. The maximum atomic E-state index is 8.69. The maximum Gasteiger partial charge on any atom is 0.149 e. The van der Waals surface area contributed by atoms with E-state index in [-0.39, 0.29) is 5.92 Å². The van der Waals surface area contributed by atoms with Crippen molar-refractivity contribution in [3.63, 3.8) is 0 Å². The van der Waals surface area contributed by atoms with Crippen molar-refractivity contribution in [2.45, 2.75) is 6.92 Å². The smallest absolute Gasteiger partial charge is 0.149 e. The molecular weight excluding hydrogens is 190 g/mol. The molecule has 0 aliphatic heterocycles. The summed E-state index contributed by atoms with van der Waals surface area (Å²) in [4.78, 5) is 6.01. The number of nitrogens with zero attached hydrogens (tertiary/aromatic N) is 3. The van der Waals surface area contributed by atoms with E-state index in [1.165, 1.54) is 0 Å². The van der Waals surface area contributed by atoms with Crippen molar-refractivity contribution in [2.24, 2.45) is 5.92 Å². The van der Waals surface area contributed by atoms with Gasteiger partial charge in [0.25, 0.3) is 0 Å². The minimum absolute atomic E-state index is 0.0458. The van der Waals surface area contributed by atoms with Crippen molar-refractivity contribution in [2.75, 3.05) is 30.0 Å². The zero-order valence-corrected chi connectivity index (χ0v) is 8.94. The summed E-state index contributed by atoms with van der Waals surface area (Å²) in [6.45, 7) is 2.48. The van der Waals surface area contributed by atoms with Crippen molar-refractivity contribution in [1.29, 1.82) is 5.26 Å². The van der Waals surface area contributed by atoms with Crippen LogP contribution in [0.15, 0.2) is 12.1 Å². The number of aromatic nitrogens is 1. The van der Waals surface area contributed by atoms with Gasteiger partial charge >= 0.3 is 0 Å². The summed E-state index contributed by atoms with van der Waals surface area (Å²) in [5, 5.41) is 8.69. The van der Waals surface area contributed by atoms with Crippen molar-refractivity contribution < 1.29 is 0 Å². The molecule has 1 aromatic rings. The van der Waals surface area contributed by atoms with Gasteiger partial charge in [0.05, 0.1) is 17.7 Å². The molecule has 0 spiro atoms. The normalized spacial score (nSPS) is 11.8. The molecule has 0 saturated carbocycles. The van der Waals surface area contributed by atoms with Gasteiger partial charge in [0.1, 0.15) is 11.6 Å². The number of rotatable bonds is 3. The van der Waals surface area contributed by atoms with Crippen molar-refractivity contribution in [3.05, 3.63) is 12.1 Å². The molecule has 1 atom stereocenters. The van der Waals surface area contributed by atoms with E-state index in [0.717, 1.165) is 5.82 Å². The molecule has 0 bridgehead atoms. The predicted molar refractivity (Wildman–Crippen MR) is 61.1 cm³/mol. The van der Waals surface area contributed by atoms with Gasteiger partial charge in [-0.25, -0.2) is 4.98 Å². The molecule has 5 heteroatoms. The number of nitrogens with two attached hydrogens (primary N) is 2. The lowest BCUT2D eigenvalue weighted by molar-refractivity contribution is 0.710. The molecule has 1 aromatic heterocycles. The fourth-order valence-electron chi connectivity index (χ4n) is 1.23. The van der Waals surface area contributed by atoms with Gasteiger partial charge < -0.3 is 16.4 Å². The molecule has 4 N–H and O–H groups in total. The van der Waals surface area contributed by atoms with E-state index in [0.29, 0.717) is 18.1 Å². The van der Waals surface area contributed by atoms with E-state index in [9.17, 15) is 0 Å². The number of pyridine rings is 1. The molecule has 0 saturated heterocycles. The van der Waals surface area contributed by atoms with Crippen molar-refractivity contribution in [1.82, 2.24) is 4.98 Å². The molecule has 0 fully saturated rings. The second-order valence-electron chi connectivity index (χ2n) is 3.55. The monoisotopic (exact) mass is 205 g/mol. The van der Waals surface area contributed by atoms with Gasteiger partial charge in [-0.05, 0) is 19.1 Å². The number of hydrogen-bond acceptors (Lipinski definition) is 5. The van der Waals surface area contributed by atoms with Crippen LogP contribution in [0.2, 0.25) is 0 Å². The highest BCUT2D eigenvalue weighted by Crippen LogP contribution is 2.17. The Balaban J connectivity index is 2.79. The van der Waals surface area contributed by atoms with Crippen LogP contribution in [0.25, 0.3) is 0 Å². The second kappa shape index (κ2) is 4.51. The molecule has 0 aliphatic rings. The minimum atomic E-state index is -0.0458. The fourth-order valence-corrected chi connectivity index (χ4v) is 1.23. The quantitative estimate of drug-likeness (QED) is 0.762. The van der Waals surface area contributed by atoms with E-state index in [1.807, 2.05) is 18.9 Å². The molecule has 1 rings (SSSR count). The lowest BCUT2D eigenvalue weighted by Gasteiger charge is -2.19. The SMILES string of the molecule is CC(C#N)CN(C)c1ccc(N)c(N)n1. The summed E-state index contributed by atoms with van der Waals surface area (Å²) in [6, 6.07) is 5.67. The minimum Gasteiger partial charge on any atom is -0.396 e. The van der Waals surface area contributed by atoms with Crippen LogP contribution in [0, 0.1) is 17.2 Å². The summed E-state index contributed by atoms with van der Waals surface area (Å²) in [5.41, 5.74) is 11.6. The van der Waals surface area contributed by atoms with Crippen molar-refractivity contribution >= 4 is 17.3 Å². The van der Waals surface area contributed by atoms with Crippen LogP contribution in [0.1, 0.15) is 6.92 Å². The van der Waals surface area contributed by atoms with Crippen LogP contribution >= 0.6 is 0 Å². The number of nitrogen functional groups attached to an aromatic ring is 2. The number of hydrogen-bond donors (Lipinski definition) is 2. The second-order valence-corrected chi connectivity index (χ2v) is 3.55. The van der Waals surface area contributed by atoms with Gasteiger partial charge in [-0.2, -0.15) is 5.26 Å². The van der Waals surface area contributed by atoms with Gasteiger partial charge in [-0.3, -0.25) is 0 Å². The highest BCUT2D eigenvalue weighted by molar-refractivity contribution is 5.62. The number of nitriles is 1. The zero-order chi connectivity index (χ0) is 11.4. The Bertz CT molecular complexity index is 382. The average Bonchev–Trinajstić information content (AvgIpc) is 2.21. The Morgan fingerprint density at radius 2 is 2.20 bits per heavy atom. The fraction of sp³-hybridized carbons (Fsp3) is 0.400. The van der Waals surface area contributed by atoms with E-state index >= 15 is 0 Å². The van der Waals surface area contributed by atoms with E-state index in [1.54, 1.807) is 12.1 Å². The molecule has 0 radical (unpaired) electrons. The molecule has 80 valence electrons. The van der Waals surface area contributed by atoms with Gasteiger partial charge in [-0.15, -0.1) is 0 Å². The van der Waals surface area contributed by atoms with Gasteiger partial charge in [-0.1, -0.05) is 0 Å². The Labute approximate surface area is 89.3 Å². The van der Waals surface area contributed by atoms with Gasteiger partial charge in [0.15, 0.2) is 0 Å². The molecule has 1 unspecified atom stereocenters. The maximum absolute atomic E-state index is 8.69. The average molecular weight is 205 g/mol. The summed E-state index contributed by atoms with van der Waals surface area (Å²) < 4.78 is 0. The van der Waals surface area contributed by atoms with Crippen LogP contribution in [0.5, 0.6) is 0 Å². The largest absolute Gasteiger partial charge is 0.396 e. The van der Waals surface area contributed by atoms with Crippen LogP contribution in [0.3, 0.4) is 0 Å². The van der Waals surface area contributed by atoms with Crippen LogP contribution in [-0.2, 0) is 0 Å². The first-order chi connectivity index (χ1) is 7.04. The molecule has 0 aromatic carbocycles. The Morgan fingerprint density at radius 1 is 1.53 bits per heavy atom. The van der Waals surface area contributed by atoms with Crippen LogP contribution in [-0.4, -0.2) is 18.6 Å². The standard InChI is InChI=1S/C10H15N5/c1-7(5-11)6-15(2)9-4-3-8(12)10(13)14-9/h3-4,7H,6,12H2,1-2H3,(H2,13,14). The summed E-state index contributed by atoms with van der Waals surface area (Å²) in [6.07, 6.45) is 0. The summed E-state index contributed by atoms with van der Waals surface area (Å²) in [7, 11) is 1.87. The Morgan fingerprint density at radius 3 is 2.73 bits per heavy atom. The van der Waals surface area contributed by atoms with Crippen LogP contribution < -0.4 is 16.4 Å². The lowest BCUT2D eigenvalue weighted by atomic mass is 10.2. The third-order valence-corrected chi connectivity index (χ3v) is 2.10. The predicted octanol–water partition coefficient (Wildman–Crippen LogP) is 0.842. The van der Waals surface area contributed by atoms with Gasteiger partial charge in [0.2, 0.25) is 0 Å². The summed E-state index contributed by atoms with van der Waals surface area (Å²) in [5.74, 6) is 1.00. The first-order valence-corrected chi connectivity index (χ1v) is 4.67. The van der Waals surface area contributed by atoms with Crippen molar-refractivity contribution in [3.8, 4) is 6.07 Å². The van der Waals surface area contributed by atoms with E-state index in [2.05, 4.69) is 11.1 Å². The molecule has 5 nitrogen and oxygen atoms in total. The lowest BCUT2D eigenvalue weighted by Crippen LogP contribution is -2.24. The topological polar surface area (TPSA) is 92.0 Å². The molecule has 1 heterocycles. The first kappa shape index (κ1) is 11.1. The third kappa shape index (κ3) is 2.74.